The molecule has 1 unspecified atom stereocenters. The van der Waals surface area contributed by atoms with Crippen LogP contribution in [0, 0.1) is 5.92 Å². The first-order valence-electron chi connectivity index (χ1n) is 3.99. The highest BCUT2D eigenvalue weighted by atomic mass is 35.5. The van der Waals surface area contributed by atoms with E-state index in [2.05, 4.69) is 0 Å². The molecule has 1 saturated carbocycles. The second-order valence-electron chi connectivity index (χ2n) is 3.10. The predicted octanol–water partition coefficient (Wildman–Crippen LogP) is 1.44. The summed E-state index contributed by atoms with van der Waals surface area (Å²) >= 11 is 5.69. The monoisotopic (exact) mass is 190 g/mol. The molecule has 1 aliphatic carbocycles. The van der Waals surface area contributed by atoms with E-state index in [1.807, 2.05) is 0 Å². The van der Waals surface area contributed by atoms with Gasteiger partial charge in [0.05, 0.1) is 0 Å². The van der Waals surface area contributed by atoms with Gasteiger partial charge in [-0.25, -0.2) is 4.79 Å². The van der Waals surface area contributed by atoms with E-state index in [0.717, 1.165) is 12.8 Å². The second-order valence-corrected chi connectivity index (χ2v) is 3.74. The van der Waals surface area contributed by atoms with Crippen molar-refractivity contribution in [3.8, 4) is 0 Å². The predicted molar refractivity (Wildman–Crippen MR) is 44.2 cm³/mol. The Bertz CT molecular complexity index is 222. The molecule has 0 bridgehead atoms. The number of carbonyl (C=O) groups is 2. The van der Waals surface area contributed by atoms with Crippen LogP contribution in [0.15, 0.2) is 0 Å². The van der Waals surface area contributed by atoms with Gasteiger partial charge in [0.15, 0.2) is 10.7 Å². The van der Waals surface area contributed by atoms with Crippen molar-refractivity contribution >= 4 is 23.4 Å². The normalized spacial score (nSPS) is 21.5. The molecule has 1 aliphatic rings. The summed E-state index contributed by atoms with van der Waals surface area (Å²) in [5, 5.41) is 8.73. The number of ketones is 1. The van der Waals surface area contributed by atoms with Crippen molar-refractivity contribution in [2.75, 3.05) is 0 Å². The Balaban J connectivity index is 2.77. The van der Waals surface area contributed by atoms with Crippen LogP contribution < -0.4 is 0 Å². The molecule has 0 spiro atoms. The molecule has 4 heteroatoms. The minimum atomic E-state index is -1.67. The summed E-state index contributed by atoms with van der Waals surface area (Å²) in [4.78, 5) is 20.4. The van der Waals surface area contributed by atoms with Crippen molar-refractivity contribution in [2.24, 2.45) is 5.92 Å². The Morgan fingerprint density at radius 3 is 2.33 bits per heavy atom. The lowest BCUT2D eigenvalue weighted by Crippen LogP contribution is -2.41. The van der Waals surface area contributed by atoms with Crippen LogP contribution >= 0.6 is 11.6 Å². The summed E-state index contributed by atoms with van der Waals surface area (Å²) in [5.74, 6) is -1.64. The maximum absolute atomic E-state index is 11.4. The molecule has 1 atom stereocenters. The van der Waals surface area contributed by atoms with E-state index in [9.17, 15) is 9.59 Å². The molecule has 68 valence electrons. The number of alkyl halides is 1. The van der Waals surface area contributed by atoms with Gasteiger partial charge in [-0.1, -0.05) is 18.5 Å². The van der Waals surface area contributed by atoms with Crippen LogP contribution in [-0.2, 0) is 9.59 Å². The maximum atomic E-state index is 11.4. The van der Waals surface area contributed by atoms with Gasteiger partial charge in [0.1, 0.15) is 0 Å². The summed E-state index contributed by atoms with van der Waals surface area (Å²) in [5.41, 5.74) is 0. The Kier molecular flexibility index (Phi) is 2.42. The first kappa shape index (κ1) is 9.52. The zero-order chi connectivity index (χ0) is 9.35. The maximum Gasteiger partial charge on any atom is 0.332 e. The molecule has 1 rings (SSSR count). The lowest BCUT2D eigenvalue weighted by atomic mass is 9.97. The minimum absolute atomic E-state index is 0.0986. The Morgan fingerprint density at radius 1 is 1.58 bits per heavy atom. The SMILES string of the molecule is CCC(Cl)(C(=O)O)C(=O)C1CC1. The molecular formula is C8H11ClO3. The van der Waals surface area contributed by atoms with Gasteiger partial charge in [0, 0.05) is 5.92 Å². The number of aliphatic carboxylic acids is 1. The number of Topliss-reactive ketones (excluding diaryl/α,β-unsaturated/α-hetero) is 1. The van der Waals surface area contributed by atoms with E-state index in [-0.39, 0.29) is 18.1 Å². The van der Waals surface area contributed by atoms with Gasteiger partial charge in [0.2, 0.25) is 0 Å². The van der Waals surface area contributed by atoms with Gasteiger partial charge in [-0.15, -0.1) is 0 Å². The van der Waals surface area contributed by atoms with Gasteiger partial charge < -0.3 is 5.11 Å². The third-order valence-corrected chi connectivity index (χ3v) is 2.78. The summed E-state index contributed by atoms with van der Waals surface area (Å²) in [7, 11) is 0. The molecule has 12 heavy (non-hydrogen) atoms. The van der Waals surface area contributed by atoms with E-state index in [4.69, 9.17) is 16.7 Å². The summed E-state index contributed by atoms with van der Waals surface area (Å²) in [6.07, 6.45) is 1.74. The van der Waals surface area contributed by atoms with Crippen LogP contribution in [0.3, 0.4) is 0 Å². The van der Waals surface area contributed by atoms with Crippen molar-refractivity contribution in [1.82, 2.24) is 0 Å². The Hall–Kier alpha value is -0.570. The molecule has 0 aromatic rings. The third-order valence-electron chi connectivity index (χ3n) is 2.16. The molecule has 0 radical (unpaired) electrons. The van der Waals surface area contributed by atoms with Crippen LogP contribution in [-0.4, -0.2) is 21.7 Å². The molecular weight excluding hydrogens is 180 g/mol. The van der Waals surface area contributed by atoms with Gasteiger partial charge in [-0.2, -0.15) is 0 Å². The fourth-order valence-electron chi connectivity index (χ4n) is 1.10. The average molecular weight is 191 g/mol. The van der Waals surface area contributed by atoms with E-state index in [1.54, 1.807) is 6.92 Å². The number of halogens is 1. The largest absolute Gasteiger partial charge is 0.480 e. The molecule has 0 aromatic carbocycles. The van der Waals surface area contributed by atoms with Crippen LogP contribution in [0.1, 0.15) is 26.2 Å². The fraction of sp³-hybridized carbons (Fsp3) is 0.750. The summed E-state index contributed by atoms with van der Waals surface area (Å²) in [6, 6.07) is 0. The minimum Gasteiger partial charge on any atom is -0.480 e. The van der Waals surface area contributed by atoms with E-state index < -0.39 is 10.8 Å². The highest BCUT2D eigenvalue weighted by molar-refractivity contribution is 6.45. The van der Waals surface area contributed by atoms with E-state index in [1.165, 1.54) is 0 Å². The van der Waals surface area contributed by atoms with Gasteiger partial charge in [0.25, 0.3) is 0 Å². The number of hydrogen-bond acceptors (Lipinski definition) is 2. The first-order valence-corrected chi connectivity index (χ1v) is 4.36. The third kappa shape index (κ3) is 1.46. The molecule has 0 aliphatic heterocycles. The smallest absolute Gasteiger partial charge is 0.332 e. The number of hydrogen-bond donors (Lipinski definition) is 1. The highest BCUT2D eigenvalue weighted by Crippen LogP contribution is 2.37. The van der Waals surface area contributed by atoms with Crippen LogP contribution in [0.2, 0.25) is 0 Å². The average Bonchev–Trinajstić information content (AvgIpc) is 2.83. The zero-order valence-electron chi connectivity index (χ0n) is 6.84. The second kappa shape index (κ2) is 3.05. The molecule has 0 amide bonds. The number of carboxylic acid groups (broad SMARTS) is 1. The van der Waals surface area contributed by atoms with Crippen molar-refractivity contribution in [3.63, 3.8) is 0 Å². The fourth-order valence-corrected chi connectivity index (χ4v) is 1.25. The molecule has 1 fully saturated rings. The van der Waals surface area contributed by atoms with Crippen molar-refractivity contribution < 1.29 is 14.7 Å². The van der Waals surface area contributed by atoms with Crippen LogP contribution in [0.25, 0.3) is 0 Å². The molecule has 1 N–H and O–H groups in total. The standard InChI is InChI=1S/C8H11ClO3/c1-2-8(9,7(11)12)6(10)5-3-4-5/h5H,2-4H2,1H3,(H,11,12). The van der Waals surface area contributed by atoms with E-state index >= 15 is 0 Å². The zero-order valence-corrected chi connectivity index (χ0v) is 7.60. The van der Waals surface area contributed by atoms with Crippen LogP contribution in [0.5, 0.6) is 0 Å². The lowest BCUT2D eigenvalue weighted by molar-refractivity contribution is -0.144. The van der Waals surface area contributed by atoms with Gasteiger partial charge in [-0.05, 0) is 19.3 Å². The number of carbonyl (C=O) groups excluding carboxylic acids is 1. The topological polar surface area (TPSA) is 54.4 Å². The van der Waals surface area contributed by atoms with Gasteiger partial charge >= 0.3 is 5.97 Å². The molecule has 0 heterocycles. The number of carboxylic acids is 1. The van der Waals surface area contributed by atoms with Crippen LogP contribution in [0.4, 0.5) is 0 Å². The van der Waals surface area contributed by atoms with Gasteiger partial charge in [-0.3, -0.25) is 4.79 Å². The summed E-state index contributed by atoms with van der Waals surface area (Å²) in [6.45, 7) is 1.61. The molecule has 0 aromatic heterocycles. The number of rotatable bonds is 4. The molecule has 0 saturated heterocycles. The van der Waals surface area contributed by atoms with Crippen molar-refractivity contribution in [1.29, 1.82) is 0 Å². The Labute approximate surface area is 75.7 Å². The first-order chi connectivity index (χ1) is 5.52. The molecule has 3 nitrogen and oxygen atoms in total. The van der Waals surface area contributed by atoms with Crippen molar-refractivity contribution in [2.45, 2.75) is 31.1 Å². The lowest BCUT2D eigenvalue weighted by Gasteiger charge is -2.17. The van der Waals surface area contributed by atoms with E-state index in [0.29, 0.717) is 0 Å². The van der Waals surface area contributed by atoms with Crippen molar-refractivity contribution in [3.05, 3.63) is 0 Å². The quantitative estimate of drug-likeness (QED) is 0.539. The summed E-state index contributed by atoms with van der Waals surface area (Å²) < 4.78 is 0. The highest BCUT2D eigenvalue weighted by Gasteiger charge is 2.48. The Morgan fingerprint density at radius 2 is 2.08 bits per heavy atom.